The zero-order valence-corrected chi connectivity index (χ0v) is 9.91. The Morgan fingerprint density at radius 3 is 2.81 bits per heavy atom. The van der Waals surface area contributed by atoms with E-state index in [1.54, 1.807) is 24.3 Å². The van der Waals surface area contributed by atoms with Gasteiger partial charge in [-0.15, -0.1) is 0 Å². The number of likely N-dealkylation sites (N-methyl/N-ethyl adjacent to an activating group) is 1. The summed E-state index contributed by atoms with van der Waals surface area (Å²) < 4.78 is 5.45. The molecular formula is C12H12ClNO2. The van der Waals surface area contributed by atoms with E-state index in [9.17, 15) is 4.79 Å². The van der Waals surface area contributed by atoms with Gasteiger partial charge >= 0.3 is 0 Å². The Bertz CT molecular complexity index is 531. The molecule has 1 aromatic heterocycles. The maximum absolute atomic E-state index is 11.7. The Hall–Kier alpha value is -1.32. The molecule has 1 heterocycles. The average Bonchev–Trinajstić information content (AvgIpc) is 2.59. The summed E-state index contributed by atoms with van der Waals surface area (Å²) in [6, 6.07) is 7.03. The number of rotatable bonds is 3. The highest BCUT2D eigenvalue weighted by molar-refractivity contribution is 6.31. The number of halogens is 1. The van der Waals surface area contributed by atoms with Crippen molar-refractivity contribution in [2.24, 2.45) is 0 Å². The monoisotopic (exact) mass is 237 g/mol. The molecule has 1 aromatic carbocycles. The van der Waals surface area contributed by atoms with E-state index in [0.29, 0.717) is 22.9 Å². The summed E-state index contributed by atoms with van der Waals surface area (Å²) in [5.41, 5.74) is 0.687. The lowest BCUT2D eigenvalue weighted by Gasteiger charge is -2.05. The fourth-order valence-corrected chi connectivity index (χ4v) is 1.70. The van der Waals surface area contributed by atoms with Crippen LogP contribution >= 0.6 is 11.6 Å². The van der Waals surface area contributed by atoms with Crippen LogP contribution in [0.2, 0.25) is 5.02 Å². The van der Waals surface area contributed by atoms with Crippen molar-refractivity contribution < 1.29 is 9.21 Å². The van der Waals surface area contributed by atoms with E-state index in [0.717, 1.165) is 5.39 Å². The van der Waals surface area contributed by atoms with Crippen LogP contribution in [-0.4, -0.2) is 31.3 Å². The SMILES string of the molecule is CN(C)CC(=O)c1cc2cc(Cl)ccc2o1. The number of ketones is 1. The largest absolute Gasteiger partial charge is 0.453 e. The highest BCUT2D eigenvalue weighted by Gasteiger charge is 2.12. The molecule has 0 radical (unpaired) electrons. The van der Waals surface area contributed by atoms with Gasteiger partial charge < -0.3 is 9.32 Å². The second-order valence-corrected chi connectivity index (χ2v) is 4.39. The van der Waals surface area contributed by atoms with Gasteiger partial charge in [0.05, 0.1) is 6.54 Å². The summed E-state index contributed by atoms with van der Waals surface area (Å²) >= 11 is 5.86. The molecule has 0 N–H and O–H groups in total. The maximum atomic E-state index is 11.7. The number of nitrogens with zero attached hydrogens (tertiary/aromatic N) is 1. The van der Waals surface area contributed by atoms with Crippen molar-refractivity contribution in [2.75, 3.05) is 20.6 Å². The van der Waals surface area contributed by atoms with Gasteiger partial charge in [-0.2, -0.15) is 0 Å². The molecule has 0 bridgehead atoms. The van der Waals surface area contributed by atoms with E-state index < -0.39 is 0 Å². The van der Waals surface area contributed by atoms with E-state index in [4.69, 9.17) is 16.0 Å². The van der Waals surface area contributed by atoms with E-state index in [2.05, 4.69) is 0 Å². The van der Waals surface area contributed by atoms with Gasteiger partial charge in [0.25, 0.3) is 0 Å². The summed E-state index contributed by atoms with van der Waals surface area (Å²) in [4.78, 5) is 13.5. The third kappa shape index (κ3) is 2.26. The summed E-state index contributed by atoms with van der Waals surface area (Å²) in [6.45, 7) is 0.341. The number of hydrogen-bond acceptors (Lipinski definition) is 3. The van der Waals surface area contributed by atoms with Crippen molar-refractivity contribution in [3.63, 3.8) is 0 Å². The highest BCUT2D eigenvalue weighted by atomic mass is 35.5. The Morgan fingerprint density at radius 2 is 2.12 bits per heavy atom. The van der Waals surface area contributed by atoms with Crippen LogP contribution in [0.3, 0.4) is 0 Å². The first-order valence-corrected chi connectivity index (χ1v) is 5.31. The average molecular weight is 238 g/mol. The van der Waals surface area contributed by atoms with Crippen LogP contribution in [0.1, 0.15) is 10.6 Å². The molecule has 4 heteroatoms. The molecule has 0 aliphatic rings. The van der Waals surface area contributed by atoms with Gasteiger partial charge in [0.15, 0.2) is 5.76 Å². The molecule has 0 saturated carbocycles. The van der Waals surface area contributed by atoms with Gasteiger partial charge in [-0.25, -0.2) is 0 Å². The third-order valence-corrected chi connectivity index (χ3v) is 2.45. The number of benzene rings is 1. The topological polar surface area (TPSA) is 33.5 Å². The molecule has 0 spiro atoms. The minimum atomic E-state index is -0.0303. The summed E-state index contributed by atoms with van der Waals surface area (Å²) in [7, 11) is 3.69. The van der Waals surface area contributed by atoms with Crippen molar-refractivity contribution in [1.82, 2.24) is 4.90 Å². The first-order chi connectivity index (χ1) is 7.56. The quantitative estimate of drug-likeness (QED) is 0.770. The molecule has 0 unspecified atom stereocenters. The predicted octanol–water partition coefficient (Wildman–Crippen LogP) is 2.83. The van der Waals surface area contributed by atoms with E-state index in [-0.39, 0.29) is 5.78 Å². The van der Waals surface area contributed by atoms with Crippen LogP contribution in [0.25, 0.3) is 11.0 Å². The number of carbonyl (C=O) groups is 1. The number of furan rings is 1. The zero-order chi connectivity index (χ0) is 11.7. The maximum Gasteiger partial charge on any atom is 0.211 e. The molecule has 0 atom stereocenters. The summed E-state index contributed by atoms with van der Waals surface area (Å²) in [6.07, 6.45) is 0. The van der Waals surface area contributed by atoms with Gasteiger partial charge in [-0.05, 0) is 38.4 Å². The second-order valence-electron chi connectivity index (χ2n) is 3.95. The van der Waals surface area contributed by atoms with Crippen LogP contribution in [0.5, 0.6) is 0 Å². The first-order valence-electron chi connectivity index (χ1n) is 4.93. The van der Waals surface area contributed by atoms with Crippen molar-refractivity contribution in [2.45, 2.75) is 0 Å². The van der Waals surface area contributed by atoms with Gasteiger partial charge in [-0.1, -0.05) is 11.6 Å². The van der Waals surface area contributed by atoms with Gasteiger partial charge in [-0.3, -0.25) is 4.79 Å². The molecule has 3 nitrogen and oxygen atoms in total. The van der Waals surface area contributed by atoms with Gasteiger partial charge in [0, 0.05) is 10.4 Å². The lowest BCUT2D eigenvalue weighted by Crippen LogP contribution is -2.21. The molecule has 0 saturated heterocycles. The Balaban J connectivity index is 2.36. The fourth-order valence-electron chi connectivity index (χ4n) is 1.52. The molecule has 0 fully saturated rings. The van der Waals surface area contributed by atoms with Crippen LogP contribution in [0.4, 0.5) is 0 Å². The molecule has 2 rings (SSSR count). The lowest BCUT2D eigenvalue weighted by atomic mass is 10.2. The van der Waals surface area contributed by atoms with Crippen LogP contribution in [-0.2, 0) is 0 Å². The predicted molar refractivity (Wildman–Crippen MR) is 64.1 cm³/mol. The second kappa shape index (κ2) is 4.28. The smallest absolute Gasteiger partial charge is 0.211 e. The normalized spacial score (nSPS) is 11.2. The summed E-state index contributed by atoms with van der Waals surface area (Å²) in [5.74, 6) is 0.350. The number of fused-ring (bicyclic) bond motifs is 1. The highest BCUT2D eigenvalue weighted by Crippen LogP contribution is 2.23. The molecule has 16 heavy (non-hydrogen) atoms. The van der Waals surface area contributed by atoms with Crippen molar-refractivity contribution in [1.29, 1.82) is 0 Å². The molecule has 84 valence electrons. The molecule has 0 amide bonds. The Morgan fingerprint density at radius 1 is 1.38 bits per heavy atom. The van der Waals surface area contributed by atoms with Gasteiger partial charge in [0.1, 0.15) is 5.58 Å². The van der Waals surface area contributed by atoms with E-state index >= 15 is 0 Å². The van der Waals surface area contributed by atoms with E-state index in [1.165, 1.54) is 0 Å². The summed E-state index contributed by atoms with van der Waals surface area (Å²) in [5, 5.41) is 1.49. The molecule has 2 aromatic rings. The van der Waals surface area contributed by atoms with Gasteiger partial charge in [0.2, 0.25) is 5.78 Å². The Labute approximate surface area is 98.6 Å². The minimum Gasteiger partial charge on any atom is -0.453 e. The minimum absolute atomic E-state index is 0.0303. The molecule has 0 aliphatic carbocycles. The number of hydrogen-bond donors (Lipinski definition) is 0. The van der Waals surface area contributed by atoms with Crippen LogP contribution in [0, 0.1) is 0 Å². The standard InChI is InChI=1S/C12H12ClNO2/c1-14(2)7-10(15)12-6-8-5-9(13)3-4-11(8)16-12/h3-6H,7H2,1-2H3. The van der Waals surface area contributed by atoms with Crippen molar-refractivity contribution in [3.05, 3.63) is 35.0 Å². The fraction of sp³-hybridized carbons (Fsp3) is 0.250. The zero-order valence-electron chi connectivity index (χ0n) is 9.16. The Kier molecular flexibility index (Phi) is 2.99. The lowest BCUT2D eigenvalue weighted by molar-refractivity contribution is 0.0933. The van der Waals surface area contributed by atoms with Crippen LogP contribution < -0.4 is 0 Å². The van der Waals surface area contributed by atoms with Crippen LogP contribution in [0.15, 0.2) is 28.7 Å². The number of Topliss-reactive ketones (excluding diaryl/α,β-unsaturated/α-hetero) is 1. The van der Waals surface area contributed by atoms with E-state index in [1.807, 2.05) is 19.0 Å². The number of carbonyl (C=O) groups excluding carboxylic acids is 1. The molecule has 0 aliphatic heterocycles. The van der Waals surface area contributed by atoms with Crippen molar-refractivity contribution in [3.8, 4) is 0 Å². The first kappa shape index (κ1) is 11.2. The third-order valence-electron chi connectivity index (χ3n) is 2.21. The molecular weight excluding hydrogens is 226 g/mol. The van der Waals surface area contributed by atoms with Crippen molar-refractivity contribution >= 4 is 28.4 Å².